The number of hydrogen-bond acceptors (Lipinski definition) is 3. The summed E-state index contributed by atoms with van der Waals surface area (Å²) in [6.45, 7) is 3.78. The number of ketones is 1. The minimum Gasteiger partial charge on any atom is -0.367 e. The maximum atomic E-state index is 12.0. The Balaban J connectivity index is 2.20. The van der Waals surface area contributed by atoms with Gasteiger partial charge in [-0.25, -0.2) is 0 Å². The lowest BCUT2D eigenvalue weighted by Gasteiger charge is -2.25. The molecule has 0 amide bonds. The van der Waals surface area contributed by atoms with Crippen LogP contribution in [0.5, 0.6) is 0 Å². The summed E-state index contributed by atoms with van der Waals surface area (Å²) in [5.41, 5.74) is 0.418. The van der Waals surface area contributed by atoms with E-state index >= 15 is 0 Å². The second kappa shape index (κ2) is 5.16. The third kappa shape index (κ3) is 2.68. The first kappa shape index (κ1) is 13.8. The number of alkyl halides is 2. The molecule has 2 unspecified atom stereocenters. The van der Waals surface area contributed by atoms with Crippen molar-refractivity contribution >= 4 is 29.0 Å². The number of ether oxygens (including phenoxy) is 1. The van der Waals surface area contributed by atoms with Crippen molar-refractivity contribution in [2.75, 3.05) is 0 Å². The van der Waals surface area contributed by atoms with Crippen LogP contribution in [0, 0.1) is 5.92 Å². The van der Waals surface area contributed by atoms with E-state index < -0.39 is 10.4 Å². The second-order valence-electron chi connectivity index (χ2n) is 4.99. The summed E-state index contributed by atoms with van der Waals surface area (Å²) >= 11 is 11.4. The van der Waals surface area contributed by atoms with E-state index in [0.29, 0.717) is 6.42 Å². The van der Waals surface area contributed by atoms with Gasteiger partial charge in [-0.05, 0) is 31.9 Å². The topological polar surface area (TPSA) is 39.2 Å². The lowest BCUT2D eigenvalue weighted by molar-refractivity contribution is -0.126. The maximum Gasteiger partial charge on any atom is 0.171 e. The quantitative estimate of drug-likeness (QED) is 0.801. The van der Waals surface area contributed by atoms with Gasteiger partial charge in [0.15, 0.2) is 10.6 Å². The van der Waals surface area contributed by atoms with Crippen molar-refractivity contribution in [2.45, 2.75) is 36.8 Å². The Kier molecular flexibility index (Phi) is 3.95. The number of rotatable bonds is 3. The summed E-state index contributed by atoms with van der Waals surface area (Å²) in [4.78, 5) is 15.0. The lowest BCUT2D eigenvalue weighted by Crippen LogP contribution is -2.35. The molecule has 1 saturated heterocycles. The molecular formula is C13H15Cl2NO2. The smallest absolute Gasteiger partial charge is 0.171 e. The summed E-state index contributed by atoms with van der Waals surface area (Å²) in [5, 5.41) is 0. The number of hydrogen-bond donors (Lipinski definition) is 0. The Hall–Kier alpha value is -0.640. The maximum absolute atomic E-state index is 12.0. The van der Waals surface area contributed by atoms with E-state index in [4.69, 9.17) is 27.9 Å². The molecule has 0 spiro atoms. The molecule has 18 heavy (non-hydrogen) atoms. The average Bonchev–Trinajstić information content (AvgIpc) is 2.65. The zero-order valence-corrected chi connectivity index (χ0v) is 11.8. The van der Waals surface area contributed by atoms with Crippen molar-refractivity contribution < 1.29 is 9.53 Å². The number of nitrogens with zero attached hydrogens (tertiary/aromatic N) is 1. The zero-order valence-electron chi connectivity index (χ0n) is 10.3. The van der Waals surface area contributed by atoms with Crippen LogP contribution in [0.3, 0.4) is 0 Å². The fourth-order valence-corrected chi connectivity index (χ4v) is 2.68. The van der Waals surface area contributed by atoms with E-state index in [0.717, 1.165) is 5.56 Å². The van der Waals surface area contributed by atoms with Gasteiger partial charge in [-0.2, -0.15) is 0 Å². The summed E-state index contributed by atoms with van der Waals surface area (Å²) in [5.74, 6) is -0.461. The van der Waals surface area contributed by atoms with Crippen molar-refractivity contribution in [3.63, 3.8) is 0 Å². The Morgan fingerprint density at radius 1 is 1.56 bits per heavy atom. The normalized spacial score (nSPS) is 26.5. The lowest BCUT2D eigenvalue weighted by atomic mass is 9.86. The zero-order chi connectivity index (χ0) is 13.3. The summed E-state index contributed by atoms with van der Waals surface area (Å²) < 4.78 is 5.94. The molecule has 1 aliphatic heterocycles. The monoisotopic (exact) mass is 287 g/mol. The summed E-state index contributed by atoms with van der Waals surface area (Å²) in [7, 11) is 0. The van der Waals surface area contributed by atoms with E-state index in [1.54, 1.807) is 12.4 Å². The van der Waals surface area contributed by atoms with E-state index in [1.165, 1.54) is 0 Å². The molecule has 2 rings (SSSR count). The van der Waals surface area contributed by atoms with Gasteiger partial charge in [0.1, 0.15) is 0 Å². The minimum atomic E-state index is -0.995. The first-order valence-corrected chi connectivity index (χ1v) is 6.68. The molecule has 0 aliphatic carbocycles. The Morgan fingerprint density at radius 2 is 2.28 bits per heavy atom. The number of aromatic nitrogens is 1. The third-order valence-electron chi connectivity index (χ3n) is 3.35. The number of carbonyl (C=O) groups is 1. The predicted molar refractivity (Wildman–Crippen MR) is 70.8 cm³/mol. The molecule has 3 nitrogen and oxygen atoms in total. The SMILES string of the molecule is CC1(C)OC(c2cccnc2)CC1C(=O)C(Cl)Cl. The van der Waals surface area contributed by atoms with Crippen LogP contribution in [0.4, 0.5) is 0 Å². The molecule has 1 aromatic rings. The van der Waals surface area contributed by atoms with E-state index in [-0.39, 0.29) is 17.8 Å². The van der Waals surface area contributed by atoms with E-state index in [9.17, 15) is 4.79 Å². The highest BCUT2D eigenvalue weighted by atomic mass is 35.5. The number of pyridine rings is 1. The standard InChI is InChI=1S/C13H15Cl2NO2/c1-13(2)9(11(17)12(14)15)6-10(18-13)8-4-3-5-16-7-8/h3-5,7,9-10,12H,6H2,1-2H3. The van der Waals surface area contributed by atoms with Crippen LogP contribution in [-0.2, 0) is 9.53 Å². The fourth-order valence-electron chi connectivity index (χ4n) is 2.38. The molecule has 0 aromatic carbocycles. The van der Waals surface area contributed by atoms with Crippen LogP contribution < -0.4 is 0 Å². The van der Waals surface area contributed by atoms with Crippen LogP contribution in [0.1, 0.15) is 31.9 Å². The van der Waals surface area contributed by atoms with Crippen LogP contribution in [0.15, 0.2) is 24.5 Å². The first-order chi connectivity index (χ1) is 8.42. The van der Waals surface area contributed by atoms with Crippen LogP contribution in [0.2, 0.25) is 0 Å². The number of carbonyl (C=O) groups excluding carboxylic acids is 1. The van der Waals surface area contributed by atoms with Crippen molar-refractivity contribution in [1.82, 2.24) is 4.98 Å². The highest BCUT2D eigenvalue weighted by Crippen LogP contribution is 2.44. The van der Waals surface area contributed by atoms with Crippen molar-refractivity contribution in [2.24, 2.45) is 5.92 Å². The van der Waals surface area contributed by atoms with Gasteiger partial charge < -0.3 is 4.74 Å². The molecule has 0 N–H and O–H groups in total. The minimum absolute atomic E-state index is 0.130. The number of Topliss-reactive ketones (excluding diaryl/α,β-unsaturated/α-hetero) is 1. The van der Waals surface area contributed by atoms with E-state index in [2.05, 4.69) is 4.98 Å². The molecule has 1 aromatic heterocycles. The molecule has 0 saturated carbocycles. The summed E-state index contributed by atoms with van der Waals surface area (Å²) in [6, 6.07) is 3.80. The van der Waals surface area contributed by atoms with Gasteiger partial charge in [0, 0.05) is 12.4 Å². The highest BCUT2D eigenvalue weighted by Gasteiger charge is 2.47. The van der Waals surface area contributed by atoms with Crippen LogP contribution in [-0.4, -0.2) is 21.2 Å². The molecule has 98 valence electrons. The summed E-state index contributed by atoms with van der Waals surface area (Å²) in [6.07, 6.45) is 3.93. The van der Waals surface area contributed by atoms with Crippen LogP contribution >= 0.6 is 23.2 Å². The molecule has 1 aliphatic rings. The van der Waals surface area contributed by atoms with Crippen molar-refractivity contribution in [3.05, 3.63) is 30.1 Å². The van der Waals surface area contributed by atoms with Crippen LogP contribution in [0.25, 0.3) is 0 Å². The van der Waals surface area contributed by atoms with Crippen molar-refractivity contribution in [1.29, 1.82) is 0 Å². The van der Waals surface area contributed by atoms with Gasteiger partial charge in [-0.3, -0.25) is 9.78 Å². The molecule has 1 fully saturated rings. The van der Waals surface area contributed by atoms with Gasteiger partial charge in [0.25, 0.3) is 0 Å². The molecule has 5 heteroatoms. The first-order valence-electron chi connectivity index (χ1n) is 5.81. The fraction of sp³-hybridized carbons (Fsp3) is 0.538. The molecule has 2 atom stereocenters. The van der Waals surface area contributed by atoms with Gasteiger partial charge in [0.05, 0.1) is 17.6 Å². The molecule has 0 radical (unpaired) electrons. The molecule has 2 heterocycles. The third-order valence-corrected chi connectivity index (χ3v) is 3.78. The Morgan fingerprint density at radius 3 is 2.83 bits per heavy atom. The Labute approximate surface area is 116 Å². The molecular weight excluding hydrogens is 273 g/mol. The Bertz CT molecular complexity index is 434. The van der Waals surface area contributed by atoms with Gasteiger partial charge in [-0.1, -0.05) is 29.3 Å². The van der Waals surface area contributed by atoms with Gasteiger partial charge in [0.2, 0.25) is 0 Å². The average molecular weight is 288 g/mol. The second-order valence-corrected chi connectivity index (χ2v) is 6.08. The van der Waals surface area contributed by atoms with Gasteiger partial charge >= 0.3 is 0 Å². The van der Waals surface area contributed by atoms with Crippen molar-refractivity contribution in [3.8, 4) is 0 Å². The molecule has 0 bridgehead atoms. The predicted octanol–water partition coefficient (Wildman–Crippen LogP) is 3.31. The number of halogens is 2. The highest BCUT2D eigenvalue weighted by molar-refractivity contribution is 6.54. The largest absolute Gasteiger partial charge is 0.367 e. The van der Waals surface area contributed by atoms with E-state index in [1.807, 2.05) is 26.0 Å². The van der Waals surface area contributed by atoms with Gasteiger partial charge in [-0.15, -0.1) is 0 Å².